The highest BCUT2D eigenvalue weighted by Crippen LogP contribution is 2.42. The van der Waals surface area contributed by atoms with Gasteiger partial charge in [-0.15, -0.1) is 11.8 Å². The summed E-state index contributed by atoms with van der Waals surface area (Å²) in [5.41, 5.74) is 0.895. The van der Waals surface area contributed by atoms with Crippen LogP contribution in [0.5, 0.6) is 0 Å². The molecule has 1 aromatic carbocycles. The maximum Gasteiger partial charge on any atom is 0.319 e. The summed E-state index contributed by atoms with van der Waals surface area (Å²) >= 11 is 7.66. The molecule has 1 N–H and O–H groups in total. The molecule has 7 heteroatoms. The Kier molecular flexibility index (Phi) is 6.29. The molecule has 0 bridgehead atoms. The summed E-state index contributed by atoms with van der Waals surface area (Å²) in [6, 6.07) is 9.06. The molecule has 126 valence electrons. The van der Waals surface area contributed by atoms with Crippen molar-refractivity contribution in [1.82, 2.24) is 5.32 Å². The predicted molar refractivity (Wildman–Crippen MR) is 93.2 cm³/mol. The lowest BCUT2D eigenvalue weighted by molar-refractivity contribution is -0.150. The van der Waals surface area contributed by atoms with Crippen LogP contribution in [-0.4, -0.2) is 24.7 Å². The number of carbonyl (C=O) groups excluding carboxylic acids is 2. The molecule has 0 saturated heterocycles. The number of halogens is 1. The number of nitriles is 1. The minimum absolute atomic E-state index is 0.330. The lowest BCUT2D eigenvalue weighted by Crippen LogP contribution is -2.44. The third-order valence-corrected chi connectivity index (χ3v) is 5.24. The average Bonchev–Trinajstić information content (AvgIpc) is 2.59. The van der Waals surface area contributed by atoms with Crippen molar-refractivity contribution in [2.24, 2.45) is 5.92 Å². The highest BCUT2D eigenvalue weighted by Gasteiger charge is 2.44. The van der Waals surface area contributed by atoms with Crippen LogP contribution in [0.25, 0.3) is 0 Å². The lowest BCUT2D eigenvalue weighted by Gasteiger charge is -2.31. The number of benzene rings is 1. The molecule has 2 unspecified atom stereocenters. The molecule has 1 aliphatic heterocycles. The Hall–Kier alpha value is -1.97. The average molecular weight is 365 g/mol. The second-order valence-corrected chi connectivity index (χ2v) is 6.70. The van der Waals surface area contributed by atoms with Crippen LogP contribution in [0.2, 0.25) is 5.02 Å². The van der Waals surface area contributed by atoms with Crippen LogP contribution in [0, 0.1) is 17.2 Å². The molecule has 0 aromatic heterocycles. The number of allylic oxidation sites excluding steroid dienone is 1. The second-order valence-electron chi connectivity index (χ2n) is 5.19. The molecule has 0 radical (unpaired) electrons. The van der Waals surface area contributed by atoms with Gasteiger partial charge < -0.3 is 10.1 Å². The van der Waals surface area contributed by atoms with E-state index in [4.69, 9.17) is 16.3 Å². The number of carbonyl (C=O) groups is 2. The maximum absolute atomic E-state index is 12.5. The van der Waals surface area contributed by atoms with Crippen LogP contribution >= 0.6 is 23.4 Å². The minimum Gasteiger partial charge on any atom is -0.468 e. The number of hydrogen-bond donors (Lipinski definition) is 1. The van der Waals surface area contributed by atoms with Crippen molar-refractivity contribution < 1.29 is 14.3 Å². The standard InChI is InChI=1S/C17H17ClN2O3S/c1-3-8-24-16-11(9-19)13(10-6-4-5-7-12(10)18)14(15(21)20-16)17(22)23-2/h4-7,13-14H,3,8H2,1-2H3,(H,20,21). The Morgan fingerprint density at radius 3 is 2.75 bits per heavy atom. The molecule has 1 amide bonds. The van der Waals surface area contributed by atoms with Crippen molar-refractivity contribution >= 4 is 35.2 Å². The van der Waals surface area contributed by atoms with Crippen molar-refractivity contribution in [2.45, 2.75) is 19.3 Å². The Labute approximate surface area is 150 Å². The van der Waals surface area contributed by atoms with Crippen molar-refractivity contribution in [1.29, 1.82) is 5.26 Å². The zero-order valence-electron chi connectivity index (χ0n) is 13.3. The molecule has 0 spiro atoms. The number of methoxy groups -OCH3 is 1. The van der Waals surface area contributed by atoms with Crippen LogP contribution in [0.3, 0.4) is 0 Å². The van der Waals surface area contributed by atoms with Gasteiger partial charge in [0.25, 0.3) is 0 Å². The topological polar surface area (TPSA) is 79.2 Å². The number of esters is 1. The van der Waals surface area contributed by atoms with Crippen LogP contribution in [0.4, 0.5) is 0 Å². The molecule has 2 atom stereocenters. The van der Waals surface area contributed by atoms with Crippen LogP contribution in [-0.2, 0) is 14.3 Å². The zero-order chi connectivity index (χ0) is 17.7. The normalized spacial score (nSPS) is 20.3. The number of ether oxygens (including phenoxy) is 1. The van der Waals surface area contributed by atoms with Gasteiger partial charge in [-0.2, -0.15) is 5.26 Å². The number of rotatable bonds is 5. The van der Waals surface area contributed by atoms with E-state index in [1.807, 2.05) is 6.92 Å². The highest BCUT2D eigenvalue weighted by molar-refractivity contribution is 8.03. The Morgan fingerprint density at radius 1 is 1.46 bits per heavy atom. The Bertz CT molecular complexity index is 727. The first-order chi connectivity index (χ1) is 11.5. The van der Waals surface area contributed by atoms with Gasteiger partial charge in [0.15, 0.2) is 0 Å². The molecule has 0 saturated carbocycles. The Morgan fingerprint density at radius 2 is 2.17 bits per heavy atom. The predicted octanol–water partition coefficient (Wildman–Crippen LogP) is 3.22. The van der Waals surface area contributed by atoms with Crippen molar-refractivity contribution in [3.05, 3.63) is 45.5 Å². The molecule has 1 aliphatic rings. The van der Waals surface area contributed by atoms with Crippen molar-refractivity contribution in [2.75, 3.05) is 12.9 Å². The van der Waals surface area contributed by atoms with Gasteiger partial charge in [-0.1, -0.05) is 36.7 Å². The second kappa shape index (κ2) is 8.22. The van der Waals surface area contributed by atoms with Gasteiger partial charge in [-0.3, -0.25) is 9.59 Å². The molecule has 0 aliphatic carbocycles. The number of hydrogen-bond acceptors (Lipinski definition) is 5. The molecule has 1 heterocycles. The van der Waals surface area contributed by atoms with Crippen molar-refractivity contribution in [3.63, 3.8) is 0 Å². The number of nitrogens with zero attached hydrogens (tertiary/aromatic N) is 1. The number of thioether (sulfide) groups is 1. The van der Waals surface area contributed by atoms with Crippen molar-refractivity contribution in [3.8, 4) is 6.07 Å². The molecular weight excluding hydrogens is 348 g/mol. The summed E-state index contributed by atoms with van der Waals surface area (Å²) in [6.45, 7) is 2.01. The van der Waals surface area contributed by atoms with E-state index in [1.54, 1.807) is 24.3 Å². The first-order valence-corrected chi connectivity index (χ1v) is 8.81. The van der Waals surface area contributed by atoms with Crippen LogP contribution in [0.15, 0.2) is 34.9 Å². The van der Waals surface area contributed by atoms with E-state index in [0.29, 0.717) is 21.2 Å². The zero-order valence-corrected chi connectivity index (χ0v) is 14.9. The molecule has 1 aromatic rings. The first kappa shape index (κ1) is 18.4. The van der Waals surface area contributed by atoms with Gasteiger partial charge in [-0.25, -0.2) is 0 Å². The lowest BCUT2D eigenvalue weighted by atomic mass is 9.78. The maximum atomic E-state index is 12.5. The van der Waals surface area contributed by atoms with E-state index in [0.717, 1.165) is 12.2 Å². The molecule has 5 nitrogen and oxygen atoms in total. The third-order valence-electron chi connectivity index (χ3n) is 3.67. The fourth-order valence-electron chi connectivity index (χ4n) is 2.59. The molecule has 2 rings (SSSR count). The number of nitrogens with one attached hydrogen (secondary N) is 1. The third kappa shape index (κ3) is 3.58. The summed E-state index contributed by atoms with van der Waals surface area (Å²) < 4.78 is 4.78. The van der Waals surface area contributed by atoms with E-state index >= 15 is 0 Å². The van der Waals surface area contributed by atoms with E-state index in [9.17, 15) is 14.9 Å². The van der Waals surface area contributed by atoms with Crippen LogP contribution in [0.1, 0.15) is 24.8 Å². The van der Waals surface area contributed by atoms with Gasteiger partial charge in [-0.05, 0) is 23.8 Å². The fraction of sp³-hybridized carbons (Fsp3) is 0.353. The summed E-state index contributed by atoms with van der Waals surface area (Å²) in [5, 5.41) is 13.2. The fourth-order valence-corrected chi connectivity index (χ4v) is 3.75. The largest absolute Gasteiger partial charge is 0.468 e. The van der Waals surface area contributed by atoms with E-state index in [1.165, 1.54) is 18.9 Å². The summed E-state index contributed by atoms with van der Waals surface area (Å²) in [7, 11) is 1.22. The highest BCUT2D eigenvalue weighted by atomic mass is 35.5. The monoisotopic (exact) mass is 364 g/mol. The smallest absolute Gasteiger partial charge is 0.319 e. The molecule has 0 fully saturated rings. The summed E-state index contributed by atoms with van der Waals surface area (Å²) in [4.78, 5) is 24.7. The van der Waals surface area contributed by atoms with E-state index in [2.05, 4.69) is 11.4 Å². The summed E-state index contributed by atoms with van der Waals surface area (Å²) in [6.07, 6.45) is 0.889. The van der Waals surface area contributed by atoms with Gasteiger partial charge in [0.05, 0.1) is 23.8 Å². The van der Waals surface area contributed by atoms with Gasteiger partial charge >= 0.3 is 5.97 Å². The molecular formula is C17H17ClN2O3S. The quantitative estimate of drug-likeness (QED) is 0.641. The van der Waals surface area contributed by atoms with Gasteiger partial charge in [0, 0.05) is 10.9 Å². The van der Waals surface area contributed by atoms with E-state index < -0.39 is 23.7 Å². The molecule has 24 heavy (non-hydrogen) atoms. The SMILES string of the molecule is CCCSC1=C(C#N)C(c2ccccc2Cl)C(C(=O)OC)C(=O)N1. The van der Waals surface area contributed by atoms with E-state index in [-0.39, 0.29) is 0 Å². The number of amides is 1. The van der Waals surface area contributed by atoms with Gasteiger partial charge in [0.1, 0.15) is 5.92 Å². The van der Waals surface area contributed by atoms with Gasteiger partial charge in [0.2, 0.25) is 5.91 Å². The minimum atomic E-state index is -1.14. The van der Waals surface area contributed by atoms with Crippen LogP contribution < -0.4 is 5.32 Å². The Balaban J connectivity index is 2.63. The summed E-state index contributed by atoms with van der Waals surface area (Å²) in [5.74, 6) is -2.33. The first-order valence-electron chi connectivity index (χ1n) is 7.45.